The predicted molar refractivity (Wildman–Crippen MR) is 62.7 cm³/mol. The first-order valence-electron chi connectivity index (χ1n) is 7.08. The van der Waals surface area contributed by atoms with Gasteiger partial charge in [0.05, 0.1) is 6.85 Å². The smallest absolute Gasteiger partial charge is 0.405 e. The molecule has 94 valence electrons. The van der Waals surface area contributed by atoms with Crippen LogP contribution in [0.5, 0.6) is 0 Å². The molecule has 0 bridgehead atoms. The van der Waals surface area contributed by atoms with Gasteiger partial charge in [0.2, 0.25) is 0 Å². The molecule has 0 aliphatic carbocycles. The molecule has 0 saturated heterocycles. The van der Waals surface area contributed by atoms with Crippen LogP contribution >= 0.6 is 11.6 Å². The molecule has 0 aliphatic rings. The third-order valence-corrected chi connectivity index (χ3v) is 2.07. The molecule has 7 nitrogen and oxygen atoms in total. The lowest BCUT2D eigenvalue weighted by Gasteiger charge is -2.17. The van der Waals surface area contributed by atoms with E-state index in [1.807, 2.05) is 0 Å². The summed E-state index contributed by atoms with van der Waals surface area (Å²) >= 11 is 5.95. The maximum Gasteiger partial charge on any atom is 0.405 e. The fourth-order valence-corrected chi connectivity index (χ4v) is 1.28. The number of nitrogens with zero attached hydrogens (tertiary/aromatic N) is 4. The number of hydrogen-bond donors (Lipinski definition) is 1. The third-order valence-electron chi connectivity index (χ3n) is 1.75. The van der Waals surface area contributed by atoms with Crippen molar-refractivity contribution in [1.29, 1.82) is 0 Å². The zero-order valence-corrected chi connectivity index (χ0v) is 9.55. The van der Waals surface area contributed by atoms with Crippen LogP contribution in [0, 0.1) is 0 Å². The van der Waals surface area contributed by atoms with Crippen molar-refractivity contribution in [2.75, 3.05) is 0 Å². The number of benzene rings is 1. The quantitative estimate of drug-likeness (QED) is 0.901. The van der Waals surface area contributed by atoms with E-state index in [0.717, 1.165) is 18.5 Å². The molecule has 1 heterocycles. The van der Waals surface area contributed by atoms with Crippen LogP contribution in [-0.4, -0.2) is 26.3 Å². The Hall–Kier alpha value is -2.15. The monoisotopic (exact) mass is 272 g/mol. The number of hydrogen-bond acceptors (Lipinski definition) is 5. The highest BCUT2D eigenvalue weighted by Crippen LogP contribution is 2.26. The Labute approximate surface area is 115 Å². The van der Waals surface area contributed by atoms with Crippen LogP contribution in [0.15, 0.2) is 30.5 Å². The van der Waals surface area contributed by atoms with E-state index in [1.54, 1.807) is 0 Å². The highest BCUT2D eigenvalue weighted by Gasteiger charge is 2.19. The number of aromatic nitrogens is 4. The summed E-state index contributed by atoms with van der Waals surface area (Å²) in [7, 11) is 0. The molecule has 2 aromatic rings. The number of halogens is 1. The van der Waals surface area contributed by atoms with Gasteiger partial charge in [0, 0.05) is 10.6 Å². The number of primary amides is 1. The number of amides is 1. The number of carbonyl (C=O) groups is 1. The minimum atomic E-state index is -2.86. The second-order valence-corrected chi connectivity index (χ2v) is 3.33. The van der Waals surface area contributed by atoms with Crippen molar-refractivity contribution >= 4 is 17.7 Å². The van der Waals surface area contributed by atoms with Crippen LogP contribution < -0.4 is 5.73 Å². The molecule has 0 fully saturated rings. The fourth-order valence-electron chi connectivity index (χ4n) is 1.09. The van der Waals surface area contributed by atoms with Gasteiger partial charge in [0.25, 0.3) is 0 Å². The average molecular weight is 273 g/mol. The molecule has 2 N–H and O–H groups in total. The van der Waals surface area contributed by atoms with Crippen LogP contribution in [0.2, 0.25) is 5.02 Å². The maximum absolute atomic E-state index is 11.2. The normalized spacial score (nSPS) is 18.6. The highest BCUT2D eigenvalue weighted by molar-refractivity contribution is 6.31. The highest BCUT2D eigenvalue weighted by atomic mass is 35.5. The minimum absolute atomic E-state index is 0.250. The summed E-state index contributed by atoms with van der Waals surface area (Å²) in [4.78, 5) is 11.6. The molecule has 1 aromatic heterocycles. The van der Waals surface area contributed by atoms with Crippen molar-refractivity contribution in [1.82, 2.24) is 20.2 Å². The average Bonchev–Trinajstić information content (AvgIpc) is 2.96. The Kier molecular flexibility index (Phi) is 2.22. The van der Waals surface area contributed by atoms with Gasteiger partial charge in [-0.05, 0) is 11.3 Å². The first-order valence-corrected chi connectivity index (χ1v) is 4.96. The number of ether oxygens (including phenoxy) is 1. The summed E-state index contributed by atoms with van der Waals surface area (Å²) in [5.74, 6) is 0. The summed E-state index contributed by atoms with van der Waals surface area (Å²) in [6, 6.07) is 1.36. The van der Waals surface area contributed by atoms with E-state index in [0.29, 0.717) is 4.80 Å². The molecule has 0 aliphatic heterocycles. The van der Waals surface area contributed by atoms with Crippen LogP contribution in [0.4, 0.5) is 4.79 Å². The molecular formula is C10H10ClN5O2. The van der Waals surface area contributed by atoms with Gasteiger partial charge < -0.3 is 10.5 Å². The van der Waals surface area contributed by atoms with E-state index in [9.17, 15) is 4.79 Å². The van der Waals surface area contributed by atoms with Gasteiger partial charge in [-0.1, -0.05) is 29.8 Å². The Morgan fingerprint density at radius 3 is 3.17 bits per heavy atom. The zero-order valence-electron chi connectivity index (χ0n) is 13.8. The van der Waals surface area contributed by atoms with Crippen molar-refractivity contribution in [3.8, 4) is 0 Å². The first kappa shape index (κ1) is 7.32. The lowest BCUT2D eigenvalue weighted by molar-refractivity contribution is 0.0901. The van der Waals surface area contributed by atoms with Crippen molar-refractivity contribution in [3.05, 3.63) is 41.1 Å². The Morgan fingerprint density at radius 2 is 2.50 bits per heavy atom. The van der Waals surface area contributed by atoms with Crippen molar-refractivity contribution in [2.45, 2.75) is 12.6 Å². The number of rotatable bonds is 4. The van der Waals surface area contributed by atoms with Gasteiger partial charge in [-0.25, -0.2) is 4.79 Å². The second-order valence-electron chi connectivity index (χ2n) is 2.93. The largest absolute Gasteiger partial charge is 0.439 e. The van der Waals surface area contributed by atoms with Crippen LogP contribution in [0.25, 0.3) is 0 Å². The lowest BCUT2D eigenvalue weighted by atomic mass is 10.1. The molecule has 0 radical (unpaired) electrons. The molecule has 0 spiro atoms. The number of carbonyl (C=O) groups excluding carboxylic acids is 1. The topological polar surface area (TPSA) is 95.9 Å². The first-order chi connectivity index (χ1) is 10.6. The maximum atomic E-state index is 11.2. The van der Waals surface area contributed by atoms with E-state index in [1.165, 1.54) is 0 Å². The van der Waals surface area contributed by atoms with Crippen LogP contribution in [0.1, 0.15) is 18.5 Å². The molecule has 1 aromatic carbocycles. The molecular weight excluding hydrogens is 258 g/mol. The van der Waals surface area contributed by atoms with Gasteiger partial charge in [0.1, 0.15) is 6.50 Å². The van der Waals surface area contributed by atoms with Crippen LogP contribution in [-0.2, 0) is 11.2 Å². The van der Waals surface area contributed by atoms with Crippen molar-refractivity contribution in [3.63, 3.8) is 0 Å². The van der Waals surface area contributed by atoms with E-state index in [4.69, 9.17) is 24.2 Å². The van der Waals surface area contributed by atoms with E-state index >= 15 is 0 Å². The summed E-state index contributed by atoms with van der Waals surface area (Å²) in [6.45, 7) is -2.86. The van der Waals surface area contributed by atoms with Gasteiger partial charge >= 0.3 is 6.09 Å². The van der Waals surface area contributed by atoms with Gasteiger partial charge in [-0.3, -0.25) is 0 Å². The van der Waals surface area contributed by atoms with E-state index in [2.05, 4.69) is 20.1 Å². The Balaban J connectivity index is 2.70. The van der Waals surface area contributed by atoms with Crippen LogP contribution in [0.3, 0.4) is 0 Å². The number of nitrogens with two attached hydrogens (primary N) is 1. The predicted octanol–water partition coefficient (Wildman–Crippen LogP) is 1.16. The van der Waals surface area contributed by atoms with Gasteiger partial charge in [0.15, 0.2) is 12.4 Å². The Morgan fingerprint density at radius 1 is 1.72 bits per heavy atom. The third kappa shape index (κ3) is 2.95. The SMILES string of the molecule is [2H]c1cc(Cl)c([C@@]([2H])(OC(N)=O)C([2H])([2H])n2ncnn2)cc1[2H]. The van der Waals surface area contributed by atoms with Gasteiger partial charge in [-0.2, -0.15) is 4.80 Å². The molecule has 0 saturated carbocycles. The molecule has 8 heteroatoms. The molecule has 1 amide bonds. The summed E-state index contributed by atoms with van der Waals surface area (Å²) in [6.07, 6.45) is -3.34. The summed E-state index contributed by atoms with van der Waals surface area (Å²) < 4.78 is 44.2. The number of tetrazole rings is 1. The van der Waals surface area contributed by atoms with E-state index in [-0.39, 0.29) is 22.7 Å². The lowest BCUT2D eigenvalue weighted by Crippen LogP contribution is -2.22. The molecule has 0 unspecified atom stereocenters. The van der Waals surface area contributed by atoms with E-state index < -0.39 is 18.7 Å². The molecule has 1 atom stereocenters. The standard InChI is InChI=1S/C10H10ClN5O2/c11-8-4-2-1-3-7(8)9(18-10(12)17)5-16-14-6-13-15-16/h1-4,6,9H,5H2,(H2,12,17)/t9-/m0/s1/i1D,2D,5D2,9D. The fraction of sp³-hybridized carbons (Fsp3) is 0.200. The summed E-state index contributed by atoms with van der Waals surface area (Å²) in [5.41, 5.74) is 4.56. The minimum Gasteiger partial charge on any atom is -0.439 e. The van der Waals surface area contributed by atoms with Crippen molar-refractivity contribution < 1.29 is 16.4 Å². The summed E-state index contributed by atoms with van der Waals surface area (Å²) in [5, 5.41) is 9.93. The zero-order chi connectivity index (χ0) is 17.4. The van der Waals surface area contributed by atoms with Gasteiger partial charge in [-0.15, -0.1) is 10.2 Å². The Bertz CT molecular complexity index is 743. The molecule has 18 heavy (non-hydrogen) atoms. The molecule has 2 rings (SSSR count). The van der Waals surface area contributed by atoms with Crippen molar-refractivity contribution in [2.24, 2.45) is 5.73 Å². The second kappa shape index (κ2) is 5.46.